The first-order valence-corrected chi connectivity index (χ1v) is 19.5. The van der Waals surface area contributed by atoms with Crippen molar-refractivity contribution in [2.24, 2.45) is 23.7 Å². The van der Waals surface area contributed by atoms with Crippen molar-refractivity contribution in [2.75, 3.05) is 19.6 Å². The van der Waals surface area contributed by atoms with Crippen LogP contribution >= 0.6 is 0 Å². The summed E-state index contributed by atoms with van der Waals surface area (Å²) in [7, 11) is 0. The fourth-order valence-electron chi connectivity index (χ4n) is 10.5. The number of carbonyl (C=O) groups is 2. The minimum atomic E-state index is -5.69. The van der Waals surface area contributed by atoms with E-state index in [1.54, 1.807) is 10.6 Å². The van der Waals surface area contributed by atoms with Crippen LogP contribution in [-0.4, -0.2) is 85.7 Å². The molecule has 3 aromatic rings. The van der Waals surface area contributed by atoms with Gasteiger partial charge in [0.1, 0.15) is 17.4 Å². The maximum absolute atomic E-state index is 14.8. The summed E-state index contributed by atoms with van der Waals surface area (Å²) >= 11 is 0. The van der Waals surface area contributed by atoms with Crippen LogP contribution in [-0.2, 0) is 11.0 Å². The van der Waals surface area contributed by atoms with Crippen molar-refractivity contribution < 1.29 is 63.3 Å². The Bertz CT molecular complexity index is 2040. The van der Waals surface area contributed by atoms with E-state index in [-0.39, 0.29) is 50.1 Å². The summed E-state index contributed by atoms with van der Waals surface area (Å²) < 4.78 is 146. The molecule has 2 aromatic heterocycles. The number of carboxylic acids is 1. The Hall–Kier alpha value is -4.16. The van der Waals surface area contributed by atoms with Crippen molar-refractivity contribution >= 4 is 22.8 Å². The SMILES string of the molecule is O=C(NC1(C(=O)O)C2CC3CC(C2)CC1C3)c1cnc(-c2cn(C3CCC(F)(F)CC3)c3cc(OC4CCN(CC(F)(F)C(F)(F)F)CC4)ccc23)nc1C(F)(F)F. The standard InChI is InChI=1S/C39H41F10N5O4/c40-35(41)7-3-24(4-8-35)54-18-29(27-2-1-26(16-30(27)54)58-25-5-9-53(10-6-25)19-36(42,43)39(47,48)49)32-50-17-28(31(51-32)38(44,45)46)33(55)52-37(34(56)57)22-12-20-11-21(14-22)15-23(37)13-20/h1-2,16-18,20-25H,3-15,19H2,(H,52,55)(H,56,57). The van der Waals surface area contributed by atoms with Crippen LogP contribution in [0.25, 0.3) is 22.3 Å². The van der Waals surface area contributed by atoms with Gasteiger partial charge in [0.05, 0.1) is 17.6 Å². The molecule has 1 saturated heterocycles. The number of ether oxygens (including phenoxy) is 1. The van der Waals surface area contributed by atoms with Crippen LogP contribution in [0.5, 0.6) is 5.75 Å². The maximum Gasteiger partial charge on any atom is 0.454 e. The van der Waals surface area contributed by atoms with Crippen molar-refractivity contribution in [3.8, 4) is 17.1 Å². The number of nitrogens with zero attached hydrogens (tertiary/aromatic N) is 4. The van der Waals surface area contributed by atoms with Gasteiger partial charge in [0.15, 0.2) is 11.5 Å². The van der Waals surface area contributed by atoms with E-state index in [1.807, 2.05) is 0 Å². The second kappa shape index (κ2) is 14.2. The van der Waals surface area contributed by atoms with Gasteiger partial charge in [-0.1, -0.05) is 0 Å². The smallest absolute Gasteiger partial charge is 0.454 e. The Labute approximate surface area is 325 Å². The third kappa shape index (κ3) is 7.37. The molecule has 1 aromatic carbocycles. The highest BCUT2D eigenvalue weighted by Gasteiger charge is 2.62. The molecule has 19 heteroatoms. The molecule has 1 aliphatic heterocycles. The topological polar surface area (TPSA) is 110 Å². The Morgan fingerprint density at radius 3 is 2.09 bits per heavy atom. The van der Waals surface area contributed by atoms with Crippen molar-refractivity contribution in [2.45, 2.75) is 113 Å². The van der Waals surface area contributed by atoms with E-state index < -0.39 is 102 Å². The molecular formula is C39H41F10N5O4. The van der Waals surface area contributed by atoms with Crippen molar-refractivity contribution in [1.82, 2.24) is 24.8 Å². The van der Waals surface area contributed by atoms with Crippen LogP contribution in [0.2, 0.25) is 0 Å². The monoisotopic (exact) mass is 833 g/mol. The van der Waals surface area contributed by atoms with E-state index in [1.165, 1.54) is 18.3 Å². The van der Waals surface area contributed by atoms with E-state index in [0.717, 1.165) is 17.5 Å². The minimum Gasteiger partial charge on any atom is -0.490 e. The quantitative estimate of drug-likeness (QED) is 0.207. The Morgan fingerprint density at radius 2 is 1.52 bits per heavy atom. The number of hydrogen-bond acceptors (Lipinski definition) is 6. The van der Waals surface area contributed by atoms with E-state index >= 15 is 0 Å². The van der Waals surface area contributed by atoms with Crippen LogP contribution in [0.3, 0.4) is 0 Å². The lowest BCUT2D eigenvalue weighted by Gasteiger charge is -2.59. The zero-order valence-corrected chi connectivity index (χ0v) is 31.0. The molecule has 9 rings (SSSR count). The number of amides is 1. The van der Waals surface area contributed by atoms with Crippen molar-refractivity contribution in [3.63, 3.8) is 0 Å². The third-order valence-corrected chi connectivity index (χ3v) is 13.2. The highest BCUT2D eigenvalue weighted by atomic mass is 19.4. The summed E-state index contributed by atoms with van der Waals surface area (Å²) in [6, 6.07) is 4.06. The number of benzene rings is 1. The number of halogens is 10. The molecule has 5 aliphatic carbocycles. The van der Waals surface area contributed by atoms with Gasteiger partial charge >= 0.3 is 24.2 Å². The summed E-state index contributed by atoms with van der Waals surface area (Å²) in [5.41, 5.74) is -3.76. The molecule has 1 amide bonds. The van der Waals surface area contributed by atoms with Gasteiger partial charge in [-0.25, -0.2) is 23.5 Å². The summed E-state index contributed by atoms with van der Waals surface area (Å²) in [5, 5.41) is 13.3. The van der Waals surface area contributed by atoms with Crippen LogP contribution < -0.4 is 10.1 Å². The minimum absolute atomic E-state index is 0.0326. The van der Waals surface area contributed by atoms with Gasteiger partial charge in [0.25, 0.3) is 5.91 Å². The van der Waals surface area contributed by atoms with Gasteiger partial charge in [-0.05, 0) is 93.6 Å². The van der Waals surface area contributed by atoms with E-state index in [0.29, 0.717) is 48.4 Å². The van der Waals surface area contributed by atoms with Crippen molar-refractivity contribution in [1.29, 1.82) is 0 Å². The number of hydrogen-bond donors (Lipinski definition) is 2. The number of carbonyl (C=O) groups excluding carboxylic acids is 1. The average molecular weight is 834 g/mol. The van der Waals surface area contributed by atoms with E-state index in [4.69, 9.17) is 4.74 Å². The number of carboxylic acid groups (broad SMARTS) is 1. The van der Waals surface area contributed by atoms with E-state index in [9.17, 15) is 58.6 Å². The number of piperidine rings is 1. The first kappa shape index (κ1) is 40.6. The summed E-state index contributed by atoms with van der Waals surface area (Å²) in [5.74, 6) is -10.7. The van der Waals surface area contributed by atoms with Gasteiger partial charge in [0.2, 0.25) is 5.92 Å². The molecule has 3 heterocycles. The molecule has 2 N–H and O–H groups in total. The first-order valence-electron chi connectivity index (χ1n) is 19.5. The van der Waals surface area contributed by atoms with Crippen molar-refractivity contribution in [3.05, 3.63) is 41.9 Å². The van der Waals surface area contributed by atoms with Crippen LogP contribution in [0.15, 0.2) is 30.6 Å². The fourth-order valence-corrected chi connectivity index (χ4v) is 10.5. The summed E-state index contributed by atoms with van der Waals surface area (Å²) in [6.07, 6.45) is -6.58. The lowest BCUT2D eigenvalue weighted by Crippen LogP contribution is -2.70. The van der Waals surface area contributed by atoms with Crippen LogP contribution in [0, 0.1) is 23.7 Å². The highest BCUT2D eigenvalue weighted by molar-refractivity contribution is 6.00. The fraction of sp³-hybridized carbons (Fsp3) is 0.641. The van der Waals surface area contributed by atoms with Gasteiger partial charge in [0, 0.05) is 61.4 Å². The van der Waals surface area contributed by atoms with E-state index in [2.05, 4.69) is 15.3 Å². The second-order valence-electron chi connectivity index (χ2n) is 16.9. The number of likely N-dealkylation sites (tertiary alicyclic amines) is 1. The lowest BCUT2D eigenvalue weighted by atomic mass is 9.48. The third-order valence-electron chi connectivity index (χ3n) is 13.2. The second-order valence-corrected chi connectivity index (χ2v) is 16.9. The maximum atomic E-state index is 14.8. The average Bonchev–Trinajstić information content (AvgIpc) is 3.51. The molecule has 0 atom stereocenters. The molecule has 58 heavy (non-hydrogen) atoms. The number of rotatable bonds is 9. The predicted molar refractivity (Wildman–Crippen MR) is 186 cm³/mol. The molecule has 4 bridgehead atoms. The predicted octanol–water partition coefficient (Wildman–Crippen LogP) is 8.92. The molecule has 6 aliphatic rings. The van der Waals surface area contributed by atoms with Gasteiger partial charge in [-0.2, -0.15) is 35.1 Å². The lowest BCUT2D eigenvalue weighted by molar-refractivity contribution is -0.287. The number of aromatic nitrogens is 3. The highest BCUT2D eigenvalue weighted by Crippen LogP contribution is 2.58. The zero-order chi connectivity index (χ0) is 41.6. The zero-order valence-electron chi connectivity index (χ0n) is 31.0. The molecule has 0 unspecified atom stereocenters. The Morgan fingerprint density at radius 1 is 0.897 bits per heavy atom. The van der Waals surface area contributed by atoms with Gasteiger partial charge in [-0.15, -0.1) is 0 Å². The molecule has 6 fully saturated rings. The summed E-state index contributed by atoms with van der Waals surface area (Å²) in [6.45, 7) is -1.68. The number of alkyl halides is 10. The van der Waals surface area contributed by atoms with Gasteiger partial charge in [-0.3, -0.25) is 9.69 Å². The molecule has 0 spiro atoms. The number of nitrogens with one attached hydrogen (secondary N) is 1. The Balaban J connectivity index is 1.09. The number of fused-ring (bicyclic) bond motifs is 1. The molecule has 5 saturated carbocycles. The molecule has 0 radical (unpaired) electrons. The van der Waals surface area contributed by atoms with Crippen LogP contribution in [0.4, 0.5) is 43.9 Å². The van der Waals surface area contributed by atoms with Gasteiger partial charge < -0.3 is 19.7 Å². The summed E-state index contributed by atoms with van der Waals surface area (Å²) in [4.78, 5) is 35.6. The Kier molecular flexibility index (Phi) is 9.97. The largest absolute Gasteiger partial charge is 0.490 e. The van der Waals surface area contributed by atoms with Crippen LogP contribution in [0.1, 0.15) is 92.7 Å². The molecule has 316 valence electrons. The first-order chi connectivity index (χ1) is 27.1. The number of aliphatic carboxylic acids is 1. The molecular weight excluding hydrogens is 792 g/mol. The molecule has 9 nitrogen and oxygen atoms in total. The normalized spacial score (nSPS) is 28.2.